The minimum atomic E-state index is -0.134. The molecule has 0 saturated heterocycles. The van der Waals surface area contributed by atoms with Crippen LogP contribution in [-0.4, -0.2) is 5.91 Å². The largest absolute Gasteiger partial charge is 0.312 e. The van der Waals surface area contributed by atoms with Gasteiger partial charge in [0, 0.05) is 10.4 Å². The van der Waals surface area contributed by atoms with Gasteiger partial charge in [0.15, 0.2) is 0 Å². The highest BCUT2D eigenvalue weighted by atomic mass is 32.1. The first-order valence-corrected chi connectivity index (χ1v) is 9.95. The molecule has 1 aromatic carbocycles. The molecule has 1 aliphatic carbocycles. The lowest BCUT2D eigenvalue weighted by atomic mass is 9.72. The van der Waals surface area contributed by atoms with E-state index in [1.54, 1.807) is 11.3 Å². The van der Waals surface area contributed by atoms with Crippen LogP contribution in [0.5, 0.6) is 0 Å². The van der Waals surface area contributed by atoms with Gasteiger partial charge >= 0.3 is 0 Å². The summed E-state index contributed by atoms with van der Waals surface area (Å²) in [5.41, 5.74) is 4.83. The van der Waals surface area contributed by atoms with Gasteiger partial charge in [0.2, 0.25) is 0 Å². The summed E-state index contributed by atoms with van der Waals surface area (Å²) in [6.45, 7) is 10.8. The predicted octanol–water partition coefficient (Wildman–Crippen LogP) is 5.64. The van der Waals surface area contributed by atoms with Crippen LogP contribution in [0.3, 0.4) is 0 Å². The molecular formula is C22H26N2OS. The van der Waals surface area contributed by atoms with E-state index in [9.17, 15) is 10.1 Å². The Balaban J connectivity index is 1.89. The number of nitrogens with one attached hydrogen (secondary N) is 1. The number of hydrogen-bond donors (Lipinski definition) is 1. The zero-order valence-corrected chi connectivity index (χ0v) is 17.0. The predicted molar refractivity (Wildman–Crippen MR) is 108 cm³/mol. The SMILES string of the molecule is Cc1ccc(C(=O)Nc2sc3c(c2C#N)CC[C@@H](C(C)(C)C)C3)c(C)c1. The second-order valence-corrected chi connectivity index (χ2v) is 9.50. The number of amides is 1. The molecule has 0 radical (unpaired) electrons. The fraction of sp³-hybridized carbons (Fsp3) is 0.455. The van der Waals surface area contributed by atoms with E-state index < -0.39 is 0 Å². The van der Waals surface area contributed by atoms with Gasteiger partial charge in [-0.05, 0) is 61.6 Å². The van der Waals surface area contributed by atoms with Crippen LogP contribution in [0.1, 0.15) is 64.7 Å². The van der Waals surface area contributed by atoms with Crippen LogP contribution in [0, 0.1) is 36.5 Å². The van der Waals surface area contributed by atoms with Gasteiger partial charge in [-0.1, -0.05) is 38.5 Å². The molecule has 1 N–H and O–H groups in total. The Bertz CT molecular complexity index is 896. The van der Waals surface area contributed by atoms with Gasteiger partial charge in [0.05, 0.1) is 5.56 Å². The normalized spacial score (nSPS) is 16.7. The maximum Gasteiger partial charge on any atom is 0.256 e. The Kier molecular flexibility index (Phi) is 4.94. The average molecular weight is 367 g/mol. The average Bonchev–Trinajstić information content (AvgIpc) is 2.89. The number of carbonyl (C=O) groups is 1. The summed E-state index contributed by atoms with van der Waals surface area (Å²) in [5, 5.41) is 13.4. The Hall–Kier alpha value is -2.12. The van der Waals surface area contributed by atoms with Crippen LogP contribution in [0.4, 0.5) is 5.00 Å². The number of rotatable bonds is 2. The number of nitrogens with zero attached hydrogens (tertiary/aromatic N) is 1. The lowest BCUT2D eigenvalue weighted by Gasteiger charge is -2.33. The topological polar surface area (TPSA) is 52.9 Å². The molecule has 4 heteroatoms. The van der Waals surface area contributed by atoms with Crippen molar-refractivity contribution in [2.24, 2.45) is 11.3 Å². The lowest BCUT2D eigenvalue weighted by Crippen LogP contribution is -2.26. The molecule has 0 bridgehead atoms. The standard InChI is InChI=1S/C22H26N2OS/c1-13-6-8-16(14(2)10-13)20(25)24-21-18(12-23)17-9-7-15(22(3,4)5)11-19(17)26-21/h6,8,10,15H,7,9,11H2,1-5H3,(H,24,25)/t15-/m1/s1. The molecule has 3 rings (SSSR count). The minimum Gasteiger partial charge on any atom is -0.312 e. The van der Waals surface area contributed by atoms with Gasteiger partial charge in [0.1, 0.15) is 11.1 Å². The zero-order valence-electron chi connectivity index (χ0n) is 16.2. The number of hydrogen-bond acceptors (Lipinski definition) is 3. The summed E-state index contributed by atoms with van der Waals surface area (Å²) in [6.07, 6.45) is 3.03. The van der Waals surface area contributed by atoms with E-state index in [0.717, 1.165) is 36.0 Å². The van der Waals surface area contributed by atoms with Crippen molar-refractivity contribution in [3.8, 4) is 6.07 Å². The molecule has 0 fully saturated rings. The van der Waals surface area contributed by atoms with Gasteiger partial charge in [-0.3, -0.25) is 4.79 Å². The number of nitriles is 1. The molecule has 2 aromatic rings. The first-order valence-electron chi connectivity index (χ1n) is 9.14. The maximum absolute atomic E-state index is 12.7. The molecule has 0 saturated carbocycles. The number of carbonyl (C=O) groups excluding carboxylic acids is 1. The van der Waals surface area contributed by atoms with Crippen LogP contribution in [0.15, 0.2) is 18.2 Å². The van der Waals surface area contributed by atoms with Crippen LogP contribution < -0.4 is 5.32 Å². The van der Waals surface area contributed by atoms with E-state index in [1.165, 1.54) is 4.88 Å². The highest BCUT2D eigenvalue weighted by Crippen LogP contribution is 2.44. The second kappa shape index (κ2) is 6.89. The molecule has 3 nitrogen and oxygen atoms in total. The van der Waals surface area contributed by atoms with Crippen molar-refractivity contribution in [2.45, 2.75) is 53.9 Å². The van der Waals surface area contributed by atoms with Crippen molar-refractivity contribution in [3.63, 3.8) is 0 Å². The molecular weight excluding hydrogens is 340 g/mol. The summed E-state index contributed by atoms with van der Waals surface area (Å²) in [6, 6.07) is 8.14. The first-order chi connectivity index (χ1) is 12.2. The van der Waals surface area contributed by atoms with Gasteiger partial charge in [-0.15, -0.1) is 11.3 Å². The molecule has 0 aliphatic heterocycles. The summed E-state index contributed by atoms with van der Waals surface area (Å²) in [4.78, 5) is 14.0. The molecule has 1 amide bonds. The zero-order chi connectivity index (χ0) is 19.1. The summed E-state index contributed by atoms with van der Waals surface area (Å²) < 4.78 is 0. The fourth-order valence-corrected chi connectivity index (χ4v) is 5.04. The number of anilines is 1. The van der Waals surface area contributed by atoms with Crippen molar-refractivity contribution in [1.82, 2.24) is 0 Å². The number of thiophene rings is 1. The Morgan fingerprint density at radius 2 is 2.04 bits per heavy atom. The maximum atomic E-state index is 12.7. The van der Waals surface area contributed by atoms with E-state index in [4.69, 9.17) is 0 Å². The molecule has 0 unspecified atom stereocenters. The third-order valence-electron chi connectivity index (χ3n) is 5.46. The number of aryl methyl sites for hydroxylation is 2. The fourth-order valence-electron chi connectivity index (χ4n) is 3.77. The molecule has 1 aliphatic rings. The lowest BCUT2D eigenvalue weighted by molar-refractivity contribution is 0.102. The van der Waals surface area contributed by atoms with Crippen LogP contribution in [0.2, 0.25) is 0 Å². The molecule has 1 aromatic heterocycles. The number of fused-ring (bicyclic) bond motifs is 1. The van der Waals surface area contributed by atoms with Crippen molar-refractivity contribution >= 4 is 22.2 Å². The molecule has 136 valence electrons. The third kappa shape index (κ3) is 3.54. The van der Waals surface area contributed by atoms with Crippen LogP contribution >= 0.6 is 11.3 Å². The highest BCUT2D eigenvalue weighted by Gasteiger charge is 2.32. The van der Waals surface area contributed by atoms with E-state index in [0.29, 0.717) is 22.0 Å². The first kappa shape index (κ1) is 18.7. The Labute approximate surface area is 160 Å². The van der Waals surface area contributed by atoms with Crippen LogP contribution in [0.25, 0.3) is 0 Å². The molecule has 1 heterocycles. The van der Waals surface area contributed by atoms with Crippen molar-refractivity contribution in [3.05, 3.63) is 50.9 Å². The van der Waals surface area contributed by atoms with E-state index in [1.807, 2.05) is 32.0 Å². The number of benzene rings is 1. The molecule has 1 atom stereocenters. The van der Waals surface area contributed by atoms with Gasteiger partial charge < -0.3 is 5.32 Å². The van der Waals surface area contributed by atoms with Crippen molar-refractivity contribution < 1.29 is 4.79 Å². The van der Waals surface area contributed by atoms with Crippen LogP contribution in [-0.2, 0) is 12.8 Å². The van der Waals surface area contributed by atoms with E-state index in [2.05, 4.69) is 32.2 Å². The Morgan fingerprint density at radius 1 is 1.31 bits per heavy atom. The minimum absolute atomic E-state index is 0.134. The summed E-state index contributed by atoms with van der Waals surface area (Å²) >= 11 is 1.58. The third-order valence-corrected chi connectivity index (χ3v) is 6.63. The molecule has 26 heavy (non-hydrogen) atoms. The molecule has 0 spiro atoms. The Morgan fingerprint density at radius 3 is 2.65 bits per heavy atom. The highest BCUT2D eigenvalue weighted by molar-refractivity contribution is 7.16. The van der Waals surface area contributed by atoms with Gasteiger partial charge in [-0.2, -0.15) is 5.26 Å². The summed E-state index contributed by atoms with van der Waals surface area (Å²) in [7, 11) is 0. The van der Waals surface area contributed by atoms with E-state index in [-0.39, 0.29) is 11.3 Å². The van der Waals surface area contributed by atoms with Gasteiger partial charge in [-0.25, -0.2) is 0 Å². The monoisotopic (exact) mass is 366 g/mol. The smallest absolute Gasteiger partial charge is 0.256 e. The second-order valence-electron chi connectivity index (χ2n) is 8.40. The van der Waals surface area contributed by atoms with Gasteiger partial charge in [0.25, 0.3) is 5.91 Å². The van der Waals surface area contributed by atoms with Crippen molar-refractivity contribution in [2.75, 3.05) is 5.32 Å². The van der Waals surface area contributed by atoms with E-state index >= 15 is 0 Å². The summed E-state index contributed by atoms with van der Waals surface area (Å²) in [5.74, 6) is 0.480. The quantitative estimate of drug-likeness (QED) is 0.748. The van der Waals surface area contributed by atoms with Crippen molar-refractivity contribution in [1.29, 1.82) is 5.26 Å².